The minimum Gasteiger partial charge on any atom is -1.00 e. The van der Waals surface area contributed by atoms with Gasteiger partial charge in [0.1, 0.15) is 11.4 Å². The van der Waals surface area contributed by atoms with E-state index in [0.29, 0.717) is 0 Å². The van der Waals surface area contributed by atoms with Crippen LogP contribution in [0.4, 0.5) is 5.69 Å². The fraction of sp³-hybridized carbons (Fsp3) is 0. The topological polar surface area (TPSA) is 15.9 Å². The van der Waals surface area contributed by atoms with Crippen LogP contribution < -0.4 is 26.9 Å². The molecule has 0 saturated carbocycles. The number of para-hydroxylation sites is 1. The molecule has 3 aromatic rings. The highest BCUT2D eigenvalue weighted by molar-refractivity contribution is 5.96. The summed E-state index contributed by atoms with van der Waals surface area (Å²) in [5, 5.41) is 4.76. The predicted octanol–water partition coefficient (Wildman–Crippen LogP) is 0.512. The number of nitrogens with one attached hydrogen (secondary N) is 1. The van der Waals surface area contributed by atoms with Gasteiger partial charge in [-0.15, -0.1) is 0 Å². The molecule has 4 rings (SSSR count). The monoisotopic (exact) mass is 324 g/mol. The van der Waals surface area contributed by atoms with Crippen LogP contribution in [-0.2, 0) is 0 Å². The zero-order valence-corrected chi connectivity index (χ0v) is 12.3. The van der Waals surface area contributed by atoms with Crippen LogP contribution in [0.25, 0.3) is 22.8 Å². The summed E-state index contributed by atoms with van der Waals surface area (Å²) in [6, 6.07) is 21.0. The van der Waals surface area contributed by atoms with Gasteiger partial charge in [0.05, 0.1) is 0 Å². The molecule has 0 atom stereocenters. The van der Waals surface area contributed by atoms with Crippen LogP contribution in [0.3, 0.4) is 0 Å². The average molecular weight is 325 g/mol. The standard InChI is InChI=1S/C17H13N2.BrH/c1-2-6-13(7-3-1)16-12-19-11-5-9-14-8-4-10-15(18-16)17(14)19;/h1-12,18H;1H/q+1;/p-1. The maximum atomic E-state index is 3.52. The Morgan fingerprint density at radius 1 is 0.800 bits per heavy atom. The predicted molar refractivity (Wildman–Crippen MR) is 78.4 cm³/mol. The van der Waals surface area contributed by atoms with Crippen LogP contribution in [-0.4, -0.2) is 0 Å². The van der Waals surface area contributed by atoms with E-state index in [0.717, 1.165) is 11.4 Å². The lowest BCUT2D eigenvalue weighted by atomic mass is 10.1. The van der Waals surface area contributed by atoms with Crippen molar-refractivity contribution in [3.8, 4) is 0 Å². The number of pyridine rings is 1. The molecule has 0 radical (unpaired) electrons. The zero-order chi connectivity index (χ0) is 12.7. The summed E-state index contributed by atoms with van der Waals surface area (Å²) in [5.41, 5.74) is 4.70. The average Bonchev–Trinajstić information content (AvgIpc) is 2.49. The lowest BCUT2D eigenvalue weighted by Gasteiger charge is -2.14. The number of hydrogen-bond donors (Lipinski definition) is 1. The van der Waals surface area contributed by atoms with E-state index in [4.69, 9.17) is 0 Å². The number of nitrogens with zero attached hydrogens (tertiary/aromatic N) is 1. The highest BCUT2D eigenvalue weighted by Gasteiger charge is 2.19. The summed E-state index contributed by atoms with van der Waals surface area (Å²) in [7, 11) is 0. The number of anilines is 1. The number of rotatable bonds is 1. The summed E-state index contributed by atoms with van der Waals surface area (Å²) in [4.78, 5) is 0. The molecule has 0 saturated heterocycles. The third-order valence-electron chi connectivity index (χ3n) is 3.47. The Kier molecular flexibility index (Phi) is 3.28. The van der Waals surface area contributed by atoms with Crippen molar-refractivity contribution < 1.29 is 21.5 Å². The molecule has 0 fully saturated rings. The van der Waals surface area contributed by atoms with Gasteiger partial charge in [0, 0.05) is 17.0 Å². The largest absolute Gasteiger partial charge is 1.00 e. The molecule has 1 aromatic heterocycles. The molecule has 2 nitrogen and oxygen atoms in total. The van der Waals surface area contributed by atoms with E-state index in [9.17, 15) is 0 Å². The number of aromatic nitrogens is 1. The molecule has 0 unspecified atom stereocenters. The van der Waals surface area contributed by atoms with Crippen LogP contribution >= 0.6 is 0 Å². The molecule has 0 bridgehead atoms. The molecule has 1 aliphatic rings. The van der Waals surface area contributed by atoms with Gasteiger partial charge >= 0.3 is 0 Å². The summed E-state index contributed by atoms with van der Waals surface area (Å²) < 4.78 is 2.18. The maximum Gasteiger partial charge on any atom is 0.241 e. The number of halogens is 1. The van der Waals surface area contributed by atoms with Crippen molar-refractivity contribution in [3.63, 3.8) is 0 Å². The van der Waals surface area contributed by atoms with Crippen molar-refractivity contribution in [2.24, 2.45) is 0 Å². The normalized spacial score (nSPS) is 12.3. The summed E-state index contributed by atoms with van der Waals surface area (Å²) in [6.07, 6.45) is 4.24. The van der Waals surface area contributed by atoms with E-state index < -0.39 is 0 Å². The first-order chi connectivity index (χ1) is 9.42. The molecule has 0 amide bonds. The second kappa shape index (κ2) is 5.10. The first-order valence-corrected chi connectivity index (χ1v) is 6.39. The van der Waals surface area contributed by atoms with E-state index in [1.54, 1.807) is 0 Å². The van der Waals surface area contributed by atoms with E-state index in [1.165, 1.54) is 16.5 Å². The molecule has 1 N–H and O–H groups in total. The molecule has 98 valence electrons. The van der Waals surface area contributed by atoms with Gasteiger partial charge in [-0.3, -0.25) is 0 Å². The van der Waals surface area contributed by atoms with E-state index in [2.05, 4.69) is 76.9 Å². The van der Waals surface area contributed by atoms with Crippen LogP contribution in [0.15, 0.2) is 66.9 Å². The minimum atomic E-state index is 0. The molecule has 3 heteroatoms. The SMILES string of the molecule is C1=C(c2ccccc2)Nc2cccc3ccc[n+]1c23.[Br-]. The molecule has 2 heterocycles. The van der Waals surface area contributed by atoms with Gasteiger partial charge in [0.25, 0.3) is 0 Å². The van der Waals surface area contributed by atoms with Gasteiger partial charge in [0.15, 0.2) is 12.4 Å². The molecule has 0 aliphatic carbocycles. The van der Waals surface area contributed by atoms with Crippen LogP contribution in [0.2, 0.25) is 0 Å². The van der Waals surface area contributed by atoms with Crippen molar-refractivity contribution in [1.82, 2.24) is 0 Å². The highest BCUT2D eigenvalue weighted by atomic mass is 79.9. The summed E-state index contributed by atoms with van der Waals surface area (Å²) >= 11 is 0. The van der Waals surface area contributed by atoms with Crippen LogP contribution in [0, 0.1) is 0 Å². The fourth-order valence-corrected chi connectivity index (χ4v) is 2.59. The molecular weight excluding hydrogens is 312 g/mol. The number of hydrogen-bond acceptors (Lipinski definition) is 1. The highest BCUT2D eigenvalue weighted by Crippen LogP contribution is 2.27. The Morgan fingerprint density at radius 3 is 2.45 bits per heavy atom. The van der Waals surface area contributed by atoms with Crippen molar-refractivity contribution in [3.05, 3.63) is 72.4 Å². The third kappa shape index (κ3) is 2.00. The molecule has 20 heavy (non-hydrogen) atoms. The van der Waals surface area contributed by atoms with E-state index in [1.807, 2.05) is 6.07 Å². The Balaban J connectivity index is 0.00000121. The Morgan fingerprint density at radius 2 is 1.60 bits per heavy atom. The minimum absolute atomic E-state index is 0. The zero-order valence-electron chi connectivity index (χ0n) is 10.8. The third-order valence-corrected chi connectivity index (χ3v) is 3.47. The molecule has 1 aliphatic heterocycles. The van der Waals surface area contributed by atoms with E-state index >= 15 is 0 Å². The summed E-state index contributed by atoms with van der Waals surface area (Å²) in [6.45, 7) is 0. The smallest absolute Gasteiger partial charge is 0.241 e. The number of benzene rings is 2. The first kappa shape index (κ1) is 12.9. The van der Waals surface area contributed by atoms with Gasteiger partial charge < -0.3 is 22.3 Å². The van der Waals surface area contributed by atoms with Crippen LogP contribution in [0.5, 0.6) is 0 Å². The maximum absolute atomic E-state index is 3.52. The van der Waals surface area contributed by atoms with Crippen molar-refractivity contribution in [2.45, 2.75) is 0 Å². The second-order valence-electron chi connectivity index (χ2n) is 4.69. The van der Waals surface area contributed by atoms with Gasteiger partial charge in [-0.1, -0.05) is 36.4 Å². The molecule has 0 spiro atoms. The van der Waals surface area contributed by atoms with Crippen molar-refractivity contribution in [1.29, 1.82) is 0 Å². The van der Waals surface area contributed by atoms with Crippen LogP contribution in [0.1, 0.15) is 5.56 Å². The van der Waals surface area contributed by atoms with E-state index in [-0.39, 0.29) is 17.0 Å². The Labute approximate surface area is 128 Å². The Bertz CT molecular complexity index is 789. The van der Waals surface area contributed by atoms with Crippen molar-refractivity contribution >= 4 is 28.5 Å². The quantitative estimate of drug-likeness (QED) is 0.645. The van der Waals surface area contributed by atoms with Crippen molar-refractivity contribution in [2.75, 3.05) is 5.32 Å². The lowest BCUT2D eigenvalue weighted by molar-refractivity contribution is -0.538. The molecular formula is C17H13BrN2. The Hall–Kier alpha value is -2.13. The second-order valence-corrected chi connectivity index (χ2v) is 4.69. The lowest BCUT2D eigenvalue weighted by Crippen LogP contribution is -3.00. The van der Waals surface area contributed by atoms with Gasteiger partial charge in [-0.25, -0.2) is 0 Å². The first-order valence-electron chi connectivity index (χ1n) is 6.39. The van der Waals surface area contributed by atoms with Gasteiger partial charge in [-0.2, -0.15) is 4.57 Å². The van der Waals surface area contributed by atoms with Gasteiger partial charge in [-0.05, 0) is 18.2 Å². The molecule has 2 aromatic carbocycles. The fourth-order valence-electron chi connectivity index (χ4n) is 2.59. The summed E-state index contributed by atoms with van der Waals surface area (Å²) in [5.74, 6) is 0. The van der Waals surface area contributed by atoms with Gasteiger partial charge in [0.2, 0.25) is 5.52 Å².